The lowest BCUT2D eigenvalue weighted by atomic mass is 10.0. The van der Waals surface area contributed by atoms with Gasteiger partial charge in [-0.1, -0.05) is 18.2 Å². The van der Waals surface area contributed by atoms with Crippen molar-refractivity contribution >= 4 is 10.9 Å². The fraction of sp³-hybridized carbons (Fsp3) is 0.250. The molecule has 0 fully saturated rings. The third-order valence-electron chi connectivity index (χ3n) is 3.58. The first-order valence-corrected chi connectivity index (χ1v) is 6.89. The average molecular weight is 266 g/mol. The van der Waals surface area contributed by atoms with Crippen molar-refractivity contribution in [2.45, 2.75) is 25.9 Å². The van der Waals surface area contributed by atoms with E-state index in [9.17, 15) is 0 Å². The Bertz CT molecular complexity index is 703. The smallest absolute Gasteiger partial charge is 0.0722 e. The quantitative estimate of drug-likeness (QED) is 0.790. The maximum atomic E-state index is 6.29. The number of para-hydroxylation sites is 1. The molecule has 0 saturated heterocycles. The van der Waals surface area contributed by atoms with E-state index in [2.05, 4.69) is 24.0 Å². The first-order valence-electron chi connectivity index (χ1n) is 6.89. The van der Waals surface area contributed by atoms with Crippen LogP contribution in [0.1, 0.15) is 24.2 Å². The number of pyridine rings is 1. The zero-order valence-corrected chi connectivity index (χ0v) is 11.5. The third-order valence-corrected chi connectivity index (χ3v) is 3.58. The molecule has 0 amide bonds. The minimum Gasteiger partial charge on any atom is -0.324 e. The maximum Gasteiger partial charge on any atom is 0.0722 e. The molecule has 0 aliphatic rings. The minimum absolute atomic E-state index is 0.0541. The average Bonchev–Trinajstić information content (AvgIpc) is 2.86. The van der Waals surface area contributed by atoms with Crippen molar-refractivity contribution in [3.63, 3.8) is 0 Å². The molecule has 3 aromatic rings. The first kappa shape index (κ1) is 12.8. The molecule has 2 N–H and O–H groups in total. The van der Waals surface area contributed by atoms with Gasteiger partial charge < -0.3 is 5.73 Å². The van der Waals surface area contributed by atoms with E-state index in [1.807, 2.05) is 28.9 Å². The van der Waals surface area contributed by atoms with E-state index in [0.717, 1.165) is 24.2 Å². The molecule has 3 rings (SSSR count). The van der Waals surface area contributed by atoms with Gasteiger partial charge in [0.15, 0.2) is 0 Å². The lowest BCUT2D eigenvalue weighted by Gasteiger charge is -2.10. The number of nitrogens with zero attached hydrogens (tertiary/aromatic N) is 3. The molecule has 1 unspecified atom stereocenters. The maximum absolute atomic E-state index is 6.29. The molecule has 2 aromatic heterocycles. The lowest BCUT2D eigenvalue weighted by molar-refractivity contribution is 0.641. The van der Waals surface area contributed by atoms with Gasteiger partial charge in [0.2, 0.25) is 0 Å². The summed E-state index contributed by atoms with van der Waals surface area (Å²) >= 11 is 0. The standard InChI is InChI=1S/C16H18N4/c1-2-20-16-6-4-3-5-13(16)15(19-20)11-14(17)12-7-9-18-10-8-12/h3-10,14H,2,11,17H2,1H3. The molecule has 0 saturated carbocycles. The third kappa shape index (κ3) is 2.30. The largest absolute Gasteiger partial charge is 0.324 e. The van der Waals surface area contributed by atoms with Gasteiger partial charge in [0, 0.05) is 36.8 Å². The molecule has 2 heterocycles. The van der Waals surface area contributed by atoms with Gasteiger partial charge in [-0.3, -0.25) is 9.67 Å². The number of aryl methyl sites for hydroxylation is 1. The number of hydrogen-bond acceptors (Lipinski definition) is 3. The van der Waals surface area contributed by atoms with Crippen LogP contribution in [0.5, 0.6) is 0 Å². The van der Waals surface area contributed by atoms with E-state index in [1.54, 1.807) is 12.4 Å². The highest BCUT2D eigenvalue weighted by atomic mass is 15.3. The summed E-state index contributed by atoms with van der Waals surface area (Å²) in [7, 11) is 0. The van der Waals surface area contributed by atoms with Gasteiger partial charge in [0.05, 0.1) is 11.2 Å². The van der Waals surface area contributed by atoms with Crippen molar-refractivity contribution < 1.29 is 0 Å². The van der Waals surface area contributed by atoms with Crippen molar-refractivity contribution in [1.82, 2.24) is 14.8 Å². The topological polar surface area (TPSA) is 56.7 Å². The zero-order valence-electron chi connectivity index (χ0n) is 11.5. The van der Waals surface area contributed by atoms with Crippen LogP contribution in [0.25, 0.3) is 10.9 Å². The van der Waals surface area contributed by atoms with Crippen LogP contribution in [0, 0.1) is 0 Å². The highest BCUT2D eigenvalue weighted by molar-refractivity contribution is 5.82. The molecule has 4 nitrogen and oxygen atoms in total. The predicted molar refractivity (Wildman–Crippen MR) is 80.3 cm³/mol. The van der Waals surface area contributed by atoms with Crippen LogP contribution >= 0.6 is 0 Å². The second-order valence-corrected chi connectivity index (χ2v) is 4.87. The number of aromatic nitrogens is 3. The highest BCUT2D eigenvalue weighted by Crippen LogP contribution is 2.22. The normalized spacial score (nSPS) is 12.7. The van der Waals surface area contributed by atoms with Crippen molar-refractivity contribution in [3.8, 4) is 0 Å². The molecule has 0 spiro atoms. The molecule has 0 aliphatic heterocycles. The minimum atomic E-state index is -0.0541. The Morgan fingerprint density at radius 1 is 1.15 bits per heavy atom. The molecule has 0 aliphatic carbocycles. The molecule has 0 bridgehead atoms. The van der Waals surface area contributed by atoms with E-state index in [1.165, 1.54) is 10.9 Å². The summed E-state index contributed by atoms with van der Waals surface area (Å²) < 4.78 is 2.03. The summed E-state index contributed by atoms with van der Waals surface area (Å²) in [5.74, 6) is 0. The zero-order chi connectivity index (χ0) is 13.9. The summed E-state index contributed by atoms with van der Waals surface area (Å²) in [5.41, 5.74) is 9.62. The van der Waals surface area contributed by atoms with E-state index in [-0.39, 0.29) is 6.04 Å². The number of nitrogens with two attached hydrogens (primary N) is 1. The van der Waals surface area contributed by atoms with Gasteiger partial charge in [-0.25, -0.2) is 0 Å². The first-order chi connectivity index (χ1) is 9.79. The van der Waals surface area contributed by atoms with Gasteiger partial charge in [0.25, 0.3) is 0 Å². The number of rotatable bonds is 4. The molecule has 0 radical (unpaired) electrons. The molecular formula is C16H18N4. The summed E-state index contributed by atoms with van der Waals surface area (Å²) in [6.07, 6.45) is 4.29. The fourth-order valence-corrected chi connectivity index (χ4v) is 2.52. The van der Waals surface area contributed by atoms with Crippen molar-refractivity contribution in [3.05, 3.63) is 60.0 Å². The number of benzene rings is 1. The molecular weight excluding hydrogens is 248 g/mol. The van der Waals surface area contributed by atoms with E-state index >= 15 is 0 Å². The summed E-state index contributed by atoms with van der Waals surface area (Å²) in [6, 6.07) is 12.2. The van der Waals surface area contributed by atoms with Gasteiger partial charge in [-0.15, -0.1) is 0 Å². The summed E-state index contributed by atoms with van der Waals surface area (Å²) in [4.78, 5) is 4.03. The van der Waals surface area contributed by atoms with E-state index in [0.29, 0.717) is 0 Å². The molecule has 102 valence electrons. The second kappa shape index (κ2) is 5.43. The van der Waals surface area contributed by atoms with E-state index in [4.69, 9.17) is 10.8 Å². The van der Waals surface area contributed by atoms with Crippen LogP contribution < -0.4 is 5.73 Å². The van der Waals surface area contributed by atoms with Gasteiger partial charge in [-0.2, -0.15) is 5.10 Å². The lowest BCUT2D eigenvalue weighted by Crippen LogP contribution is -2.14. The predicted octanol–water partition coefficient (Wildman–Crippen LogP) is 2.69. The highest BCUT2D eigenvalue weighted by Gasteiger charge is 2.13. The monoisotopic (exact) mass is 266 g/mol. The Balaban J connectivity index is 1.95. The van der Waals surface area contributed by atoms with Gasteiger partial charge in [0.1, 0.15) is 0 Å². The van der Waals surface area contributed by atoms with Crippen LogP contribution in [-0.2, 0) is 13.0 Å². The Morgan fingerprint density at radius 3 is 2.65 bits per heavy atom. The molecule has 20 heavy (non-hydrogen) atoms. The fourth-order valence-electron chi connectivity index (χ4n) is 2.52. The van der Waals surface area contributed by atoms with Crippen LogP contribution in [0.4, 0.5) is 0 Å². The Hall–Kier alpha value is -2.20. The van der Waals surface area contributed by atoms with Crippen molar-refractivity contribution in [2.75, 3.05) is 0 Å². The van der Waals surface area contributed by atoms with Crippen LogP contribution in [0.2, 0.25) is 0 Å². The van der Waals surface area contributed by atoms with Gasteiger partial charge in [-0.05, 0) is 30.7 Å². The van der Waals surface area contributed by atoms with Crippen molar-refractivity contribution in [2.24, 2.45) is 5.73 Å². The molecule has 4 heteroatoms. The van der Waals surface area contributed by atoms with Crippen molar-refractivity contribution in [1.29, 1.82) is 0 Å². The summed E-state index contributed by atoms with van der Waals surface area (Å²) in [5, 5.41) is 5.89. The van der Waals surface area contributed by atoms with Crippen LogP contribution in [0.15, 0.2) is 48.8 Å². The second-order valence-electron chi connectivity index (χ2n) is 4.87. The van der Waals surface area contributed by atoms with Gasteiger partial charge >= 0.3 is 0 Å². The molecule has 1 aromatic carbocycles. The summed E-state index contributed by atoms with van der Waals surface area (Å²) in [6.45, 7) is 2.97. The Labute approximate surface area is 118 Å². The Morgan fingerprint density at radius 2 is 1.90 bits per heavy atom. The van der Waals surface area contributed by atoms with E-state index < -0.39 is 0 Å². The van der Waals surface area contributed by atoms with Crippen LogP contribution in [-0.4, -0.2) is 14.8 Å². The van der Waals surface area contributed by atoms with Crippen LogP contribution in [0.3, 0.4) is 0 Å². The Kier molecular flexibility index (Phi) is 3.48. The number of fused-ring (bicyclic) bond motifs is 1. The SMILES string of the molecule is CCn1nc(CC(N)c2ccncc2)c2ccccc21. The molecule has 1 atom stereocenters. The number of hydrogen-bond donors (Lipinski definition) is 1.